The summed E-state index contributed by atoms with van der Waals surface area (Å²) in [5.74, 6) is 0.984. The van der Waals surface area contributed by atoms with Gasteiger partial charge in [0.1, 0.15) is 5.75 Å². The zero-order chi connectivity index (χ0) is 17.1. The molecule has 0 unspecified atom stereocenters. The number of aromatic nitrogens is 1. The molecule has 24 heavy (non-hydrogen) atoms. The summed E-state index contributed by atoms with van der Waals surface area (Å²) in [5.41, 5.74) is 3.59. The van der Waals surface area contributed by atoms with Crippen LogP contribution in [-0.2, 0) is 11.2 Å². The molecule has 0 bridgehead atoms. The van der Waals surface area contributed by atoms with Gasteiger partial charge >= 0.3 is 0 Å². The predicted molar refractivity (Wildman–Crippen MR) is 95.5 cm³/mol. The lowest BCUT2D eigenvalue weighted by molar-refractivity contribution is -0.131. The van der Waals surface area contributed by atoms with Crippen LogP contribution in [0, 0.1) is 13.8 Å². The predicted octanol–water partition coefficient (Wildman–Crippen LogP) is 3.52. The number of hydrogen-bond donors (Lipinski definition) is 0. The van der Waals surface area contributed by atoms with Gasteiger partial charge in [-0.05, 0) is 44.9 Å². The van der Waals surface area contributed by atoms with E-state index in [4.69, 9.17) is 4.74 Å². The number of aryl methyl sites for hydroxylation is 2. The van der Waals surface area contributed by atoms with Gasteiger partial charge in [0.25, 0.3) is 0 Å². The molecule has 1 saturated heterocycles. The molecule has 0 spiro atoms. The Labute approximate surface area is 144 Å². The fraction of sp³-hybridized carbons (Fsp3) is 0.450. The standard InChI is InChI=1S/C20H26N2O2/c1-15-8-9-16(2)22(15)18-10-12-21(13-11-18)20(23)14-17-6-4-5-7-19(17)24-3/h4-9,18H,10-14H2,1-3H3. The van der Waals surface area contributed by atoms with Crippen molar-refractivity contribution in [2.24, 2.45) is 0 Å². The fourth-order valence-corrected chi connectivity index (χ4v) is 3.75. The third kappa shape index (κ3) is 3.32. The Hall–Kier alpha value is -2.23. The first-order valence-electron chi connectivity index (χ1n) is 8.64. The molecule has 1 amide bonds. The number of benzene rings is 1. The number of para-hydroxylation sites is 1. The van der Waals surface area contributed by atoms with E-state index < -0.39 is 0 Å². The van der Waals surface area contributed by atoms with Gasteiger partial charge < -0.3 is 14.2 Å². The summed E-state index contributed by atoms with van der Waals surface area (Å²) in [6.45, 7) is 5.98. The normalized spacial score (nSPS) is 15.5. The van der Waals surface area contributed by atoms with E-state index in [2.05, 4.69) is 30.5 Å². The minimum atomic E-state index is 0.193. The first kappa shape index (κ1) is 16.6. The average molecular weight is 326 g/mol. The van der Waals surface area contributed by atoms with Gasteiger partial charge in [0, 0.05) is 36.1 Å². The van der Waals surface area contributed by atoms with E-state index in [1.807, 2.05) is 29.2 Å². The minimum Gasteiger partial charge on any atom is -0.496 e. The highest BCUT2D eigenvalue weighted by Gasteiger charge is 2.25. The maximum atomic E-state index is 12.6. The van der Waals surface area contributed by atoms with Gasteiger partial charge in [0.05, 0.1) is 13.5 Å². The van der Waals surface area contributed by atoms with Crippen molar-refractivity contribution in [1.29, 1.82) is 0 Å². The van der Waals surface area contributed by atoms with Crippen LogP contribution in [0.2, 0.25) is 0 Å². The summed E-state index contributed by atoms with van der Waals surface area (Å²) in [6.07, 6.45) is 2.46. The number of nitrogens with zero attached hydrogens (tertiary/aromatic N) is 2. The maximum absolute atomic E-state index is 12.6. The van der Waals surface area contributed by atoms with E-state index in [0.29, 0.717) is 12.5 Å². The number of carbonyl (C=O) groups is 1. The number of piperidine rings is 1. The summed E-state index contributed by atoms with van der Waals surface area (Å²) >= 11 is 0. The number of rotatable bonds is 4. The van der Waals surface area contributed by atoms with Crippen molar-refractivity contribution in [3.63, 3.8) is 0 Å². The first-order valence-corrected chi connectivity index (χ1v) is 8.64. The second-order valence-electron chi connectivity index (χ2n) is 6.59. The van der Waals surface area contributed by atoms with Crippen LogP contribution in [0.1, 0.15) is 35.8 Å². The van der Waals surface area contributed by atoms with Gasteiger partial charge in [0.15, 0.2) is 0 Å². The van der Waals surface area contributed by atoms with Crippen LogP contribution < -0.4 is 4.74 Å². The monoisotopic (exact) mass is 326 g/mol. The number of methoxy groups -OCH3 is 1. The molecule has 0 atom stereocenters. The molecule has 2 heterocycles. The van der Waals surface area contributed by atoms with E-state index in [1.54, 1.807) is 7.11 Å². The quantitative estimate of drug-likeness (QED) is 0.861. The van der Waals surface area contributed by atoms with Crippen molar-refractivity contribution in [3.8, 4) is 5.75 Å². The zero-order valence-electron chi connectivity index (χ0n) is 14.8. The zero-order valence-corrected chi connectivity index (χ0v) is 14.8. The summed E-state index contributed by atoms with van der Waals surface area (Å²) in [7, 11) is 1.65. The largest absolute Gasteiger partial charge is 0.496 e. The van der Waals surface area contributed by atoms with Crippen LogP contribution in [0.4, 0.5) is 0 Å². The number of ether oxygens (including phenoxy) is 1. The Balaban J connectivity index is 1.61. The molecule has 2 aromatic rings. The Bertz CT molecular complexity index is 693. The van der Waals surface area contributed by atoms with Crippen LogP contribution in [0.15, 0.2) is 36.4 Å². The van der Waals surface area contributed by atoms with Gasteiger partial charge in [-0.3, -0.25) is 4.79 Å². The molecule has 4 nitrogen and oxygen atoms in total. The number of hydrogen-bond acceptors (Lipinski definition) is 2. The Morgan fingerprint density at radius 3 is 2.33 bits per heavy atom. The Morgan fingerprint density at radius 2 is 1.71 bits per heavy atom. The highest BCUT2D eigenvalue weighted by Crippen LogP contribution is 2.27. The SMILES string of the molecule is COc1ccccc1CC(=O)N1CCC(n2c(C)ccc2C)CC1. The third-order valence-corrected chi connectivity index (χ3v) is 5.04. The van der Waals surface area contributed by atoms with Gasteiger partial charge in [-0.1, -0.05) is 18.2 Å². The van der Waals surface area contributed by atoms with Crippen LogP contribution >= 0.6 is 0 Å². The molecule has 1 fully saturated rings. The number of likely N-dealkylation sites (tertiary alicyclic amines) is 1. The molecule has 1 aromatic carbocycles. The van der Waals surface area contributed by atoms with Gasteiger partial charge in [0.2, 0.25) is 5.91 Å². The van der Waals surface area contributed by atoms with Gasteiger partial charge in [-0.2, -0.15) is 0 Å². The summed E-state index contributed by atoms with van der Waals surface area (Å²) in [6, 6.07) is 12.6. The van der Waals surface area contributed by atoms with Crippen LogP contribution in [0.3, 0.4) is 0 Å². The van der Waals surface area contributed by atoms with Crippen molar-refractivity contribution in [3.05, 3.63) is 53.3 Å². The van der Waals surface area contributed by atoms with Gasteiger partial charge in [-0.15, -0.1) is 0 Å². The molecular formula is C20H26N2O2. The summed E-state index contributed by atoms with van der Waals surface area (Å²) < 4.78 is 7.77. The number of amides is 1. The molecule has 0 N–H and O–H groups in total. The second-order valence-corrected chi connectivity index (χ2v) is 6.59. The maximum Gasteiger partial charge on any atom is 0.227 e. The molecule has 3 rings (SSSR count). The Kier molecular flexibility index (Phi) is 4.93. The molecular weight excluding hydrogens is 300 g/mol. The molecule has 4 heteroatoms. The molecule has 1 aliphatic rings. The highest BCUT2D eigenvalue weighted by molar-refractivity contribution is 5.79. The van der Waals surface area contributed by atoms with Crippen molar-refractivity contribution >= 4 is 5.91 Å². The van der Waals surface area contributed by atoms with Crippen LogP contribution in [0.25, 0.3) is 0 Å². The van der Waals surface area contributed by atoms with Crippen molar-refractivity contribution in [2.75, 3.05) is 20.2 Å². The first-order chi connectivity index (χ1) is 11.6. The fourth-order valence-electron chi connectivity index (χ4n) is 3.75. The van der Waals surface area contributed by atoms with Crippen LogP contribution in [0.5, 0.6) is 5.75 Å². The lowest BCUT2D eigenvalue weighted by atomic mass is 10.0. The topological polar surface area (TPSA) is 34.5 Å². The lowest BCUT2D eigenvalue weighted by Crippen LogP contribution is -2.40. The summed E-state index contributed by atoms with van der Waals surface area (Å²) in [5, 5.41) is 0. The van der Waals surface area contributed by atoms with E-state index in [1.165, 1.54) is 11.4 Å². The molecule has 1 aliphatic heterocycles. The van der Waals surface area contributed by atoms with E-state index >= 15 is 0 Å². The Morgan fingerprint density at radius 1 is 1.08 bits per heavy atom. The van der Waals surface area contributed by atoms with Crippen molar-refractivity contribution < 1.29 is 9.53 Å². The third-order valence-electron chi connectivity index (χ3n) is 5.04. The molecule has 0 radical (unpaired) electrons. The van der Waals surface area contributed by atoms with E-state index in [-0.39, 0.29) is 5.91 Å². The molecule has 1 aromatic heterocycles. The molecule has 0 saturated carbocycles. The van der Waals surface area contributed by atoms with Crippen molar-refractivity contribution in [2.45, 2.75) is 39.2 Å². The lowest BCUT2D eigenvalue weighted by Gasteiger charge is -2.34. The average Bonchev–Trinajstić information content (AvgIpc) is 2.94. The van der Waals surface area contributed by atoms with Crippen LogP contribution in [-0.4, -0.2) is 35.6 Å². The van der Waals surface area contributed by atoms with E-state index in [0.717, 1.165) is 37.2 Å². The molecule has 0 aliphatic carbocycles. The smallest absolute Gasteiger partial charge is 0.227 e. The molecule has 128 valence electrons. The number of carbonyl (C=O) groups excluding carboxylic acids is 1. The highest BCUT2D eigenvalue weighted by atomic mass is 16.5. The summed E-state index contributed by atoms with van der Waals surface area (Å²) in [4.78, 5) is 14.6. The van der Waals surface area contributed by atoms with E-state index in [9.17, 15) is 4.79 Å². The second kappa shape index (κ2) is 7.12. The van der Waals surface area contributed by atoms with Crippen molar-refractivity contribution in [1.82, 2.24) is 9.47 Å². The minimum absolute atomic E-state index is 0.193. The van der Waals surface area contributed by atoms with Gasteiger partial charge in [-0.25, -0.2) is 0 Å².